The lowest BCUT2D eigenvalue weighted by Crippen LogP contribution is -2.33. The first-order valence-electron chi connectivity index (χ1n) is 5.76. The second-order valence-electron chi connectivity index (χ2n) is 5.07. The third kappa shape index (κ3) is 6.09. The van der Waals surface area contributed by atoms with Crippen LogP contribution in [-0.4, -0.2) is 22.6 Å². The van der Waals surface area contributed by atoms with Crippen molar-refractivity contribution >= 4 is 11.9 Å². The molecule has 98 valence electrons. The lowest BCUT2D eigenvalue weighted by Gasteiger charge is -2.24. The molecule has 0 aliphatic carbocycles. The van der Waals surface area contributed by atoms with E-state index in [4.69, 9.17) is 9.84 Å². The highest BCUT2D eigenvalue weighted by molar-refractivity contribution is 5.81. The highest BCUT2D eigenvalue weighted by atomic mass is 16.6. The molecule has 0 spiro atoms. The van der Waals surface area contributed by atoms with Crippen LogP contribution in [0.3, 0.4) is 0 Å². The van der Waals surface area contributed by atoms with Gasteiger partial charge in [0.2, 0.25) is 0 Å². The number of hydrogen-bond donors (Lipinski definition) is 1. The normalized spacial score (nSPS) is 15.6. The topological polar surface area (TPSA) is 63.6 Å². The Morgan fingerprint density at radius 2 is 1.88 bits per heavy atom. The van der Waals surface area contributed by atoms with Crippen molar-refractivity contribution in [3.63, 3.8) is 0 Å². The standard InChI is InChI=1S/C13H22O4/c1-6-7-8-10(11(14)15)9(2)12(16)17-13(3,4)5/h6-7,9-10H,8H2,1-5H3,(H,14,15). The van der Waals surface area contributed by atoms with E-state index in [-0.39, 0.29) is 0 Å². The summed E-state index contributed by atoms with van der Waals surface area (Å²) < 4.78 is 5.18. The fraction of sp³-hybridized carbons (Fsp3) is 0.692. The zero-order chi connectivity index (χ0) is 13.6. The van der Waals surface area contributed by atoms with Crippen molar-refractivity contribution in [3.8, 4) is 0 Å². The number of esters is 1. The van der Waals surface area contributed by atoms with Gasteiger partial charge in [0.25, 0.3) is 0 Å². The van der Waals surface area contributed by atoms with Crippen LogP contribution in [0.5, 0.6) is 0 Å². The van der Waals surface area contributed by atoms with E-state index in [9.17, 15) is 9.59 Å². The number of ether oxygens (including phenoxy) is 1. The summed E-state index contributed by atoms with van der Waals surface area (Å²) >= 11 is 0. The number of carbonyl (C=O) groups is 2. The Hall–Kier alpha value is -1.32. The van der Waals surface area contributed by atoms with E-state index in [0.717, 1.165) is 0 Å². The van der Waals surface area contributed by atoms with Crippen LogP contribution in [0.25, 0.3) is 0 Å². The lowest BCUT2D eigenvalue weighted by atomic mass is 9.90. The van der Waals surface area contributed by atoms with Crippen molar-refractivity contribution in [1.82, 2.24) is 0 Å². The average molecular weight is 242 g/mol. The molecule has 0 bridgehead atoms. The van der Waals surface area contributed by atoms with E-state index >= 15 is 0 Å². The van der Waals surface area contributed by atoms with Crippen molar-refractivity contribution in [1.29, 1.82) is 0 Å². The second-order valence-corrected chi connectivity index (χ2v) is 5.07. The molecule has 4 heteroatoms. The molecule has 1 N–H and O–H groups in total. The van der Waals surface area contributed by atoms with Crippen LogP contribution in [0.15, 0.2) is 12.2 Å². The van der Waals surface area contributed by atoms with Gasteiger partial charge in [-0.3, -0.25) is 9.59 Å². The van der Waals surface area contributed by atoms with Crippen LogP contribution in [0.2, 0.25) is 0 Å². The van der Waals surface area contributed by atoms with Crippen LogP contribution in [-0.2, 0) is 14.3 Å². The molecule has 17 heavy (non-hydrogen) atoms. The van der Waals surface area contributed by atoms with Gasteiger partial charge in [-0.25, -0.2) is 0 Å². The van der Waals surface area contributed by atoms with Gasteiger partial charge in [-0.05, 0) is 34.1 Å². The Morgan fingerprint density at radius 3 is 2.24 bits per heavy atom. The van der Waals surface area contributed by atoms with Gasteiger partial charge in [-0.15, -0.1) is 0 Å². The summed E-state index contributed by atoms with van der Waals surface area (Å²) in [5.41, 5.74) is -0.588. The van der Waals surface area contributed by atoms with Crippen LogP contribution >= 0.6 is 0 Å². The average Bonchev–Trinajstić information content (AvgIpc) is 2.14. The number of allylic oxidation sites excluding steroid dienone is 2. The van der Waals surface area contributed by atoms with Crippen LogP contribution < -0.4 is 0 Å². The maximum atomic E-state index is 11.8. The SMILES string of the molecule is CC=CCC(C(=O)O)C(C)C(=O)OC(C)(C)C. The first-order chi connectivity index (χ1) is 7.69. The number of rotatable bonds is 5. The Morgan fingerprint density at radius 1 is 1.35 bits per heavy atom. The van der Waals surface area contributed by atoms with E-state index in [1.807, 2.05) is 6.92 Å². The summed E-state index contributed by atoms with van der Waals surface area (Å²) in [6, 6.07) is 0. The van der Waals surface area contributed by atoms with E-state index in [2.05, 4.69) is 0 Å². The van der Waals surface area contributed by atoms with E-state index < -0.39 is 29.4 Å². The second kappa shape index (κ2) is 6.42. The molecule has 0 radical (unpaired) electrons. The van der Waals surface area contributed by atoms with E-state index in [1.54, 1.807) is 39.8 Å². The van der Waals surface area contributed by atoms with Crippen molar-refractivity contribution in [2.24, 2.45) is 11.8 Å². The third-order valence-corrected chi connectivity index (χ3v) is 2.33. The molecule has 0 aliphatic heterocycles. The molecule has 2 unspecified atom stereocenters. The molecular weight excluding hydrogens is 220 g/mol. The predicted molar refractivity (Wildman–Crippen MR) is 65.6 cm³/mol. The molecule has 0 aromatic heterocycles. The number of carboxylic acids is 1. The minimum Gasteiger partial charge on any atom is -0.481 e. The number of carboxylic acid groups (broad SMARTS) is 1. The quantitative estimate of drug-likeness (QED) is 0.594. The molecule has 0 fully saturated rings. The number of carbonyl (C=O) groups excluding carboxylic acids is 1. The van der Waals surface area contributed by atoms with Gasteiger partial charge < -0.3 is 9.84 Å². The molecule has 2 atom stereocenters. The monoisotopic (exact) mass is 242 g/mol. The summed E-state index contributed by atoms with van der Waals surface area (Å²) in [5, 5.41) is 9.08. The summed E-state index contributed by atoms with van der Waals surface area (Å²) in [4.78, 5) is 22.8. The zero-order valence-corrected chi connectivity index (χ0v) is 11.2. The van der Waals surface area contributed by atoms with Gasteiger partial charge in [0, 0.05) is 0 Å². The Balaban J connectivity index is 4.66. The Bertz CT molecular complexity index is 299. The maximum absolute atomic E-state index is 11.8. The molecular formula is C13H22O4. The predicted octanol–water partition coefficient (Wildman–Crippen LogP) is 2.63. The van der Waals surface area contributed by atoms with Crippen molar-refractivity contribution in [3.05, 3.63) is 12.2 Å². The van der Waals surface area contributed by atoms with Crippen molar-refractivity contribution in [2.45, 2.75) is 46.6 Å². The highest BCUT2D eigenvalue weighted by Crippen LogP contribution is 2.21. The molecule has 0 rings (SSSR count). The highest BCUT2D eigenvalue weighted by Gasteiger charge is 2.32. The molecule has 0 amide bonds. The smallest absolute Gasteiger partial charge is 0.310 e. The number of hydrogen-bond acceptors (Lipinski definition) is 3. The van der Waals surface area contributed by atoms with Crippen LogP contribution in [0, 0.1) is 11.8 Å². The van der Waals surface area contributed by atoms with Crippen molar-refractivity contribution < 1.29 is 19.4 Å². The minimum absolute atomic E-state index is 0.340. The van der Waals surface area contributed by atoms with Gasteiger partial charge in [0.05, 0.1) is 11.8 Å². The zero-order valence-electron chi connectivity index (χ0n) is 11.2. The van der Waals surface area contributed by atoms with Gasteiger partial charge in [0.1, 0.15) is 5.60 Å². The molecule has 0 saturated carbocycles. The first-order valence-corrected chi connectivity index (χ1v) is 5.76. The fourth-order valence-electron chi connectivity index (χ4n) is 1.36. The molecule has 0 aromatic carbocycles. The minimum atomic E-state index is -0.971. The first kappa shape index (κ1) is 15.7. The molecule has 0 heterocycles. The van der Waals surface area contributed by atoms with Crippen molar-refractivity contribution in [2.75, 3.05) is 0 Å². The molecule has 0 aliphatic rings. The largest absolute Gasteiger partial charge is 0.481 e. The Labute approximate surface area is 103 Å². The lowest BCUT2D eigenvalue weighted by molar-refractivity contribution is -0.165. The third-order valence-electron chi connectivity index (χ3n) is 2.33. The summed E-state index contributed by atoms with van der Waals surface area (Å²) in [6.07, 6.45) is 3.86. The molecule has 0 aromatic rings. The summed E-state index contributed by atoms with van der Waals surface area (Å²) in [7, 11) is 0. The fourth-order valence-corrected chi connectivity index (χ4v) is 1.36. The van der Waals surface area contributed by atoms with Gasteiger partial charge >= 0.3 is 11.9 Å². The molecule has 0 saturated heterocycles. The van der Waals surface area contributed by atoms with Gasteiger partial charge in [0.15, 0.2) is 0 Å². The van der Waals surface area contributed by atoms with E-state index in [0.29, 0.717) is 6.42 Å². The van der Waals surface area contributed by atoms with Gasteiger partial charge in [-0.2, -0.15) is 0 Å². The van der Waals surface area contributed by atoms with Gasteiger partial charge in [-0.1, -0.05) is 19.1 Å². The number of aliphatic carboxylic acids is 1. The van der Waals surface area contributed by atoms with E-state index in [1.165, 1.54) is 0 Å². The maximum Gasteiger partial charge on any atom is 0.310 e. The molecule has 4 nitrogen and oxygen atoms in total. The summed E-state index contributed by atoms with van der Waals surface area (Å²) in [5.74, 6) is -2.82. The van der Waals surface area contributed by atoms with Crippen LogP contribution in [0.4, 0.5) is 0 Å². The summed E-state index contributed by atoms with van der Waals surface area (Å²) in [6.45, 7) is 8.70. The Kier molecular flexibility index (Phi) is 5.93. The van der Waals surface area contributed by atoms with Crippen LogP contribution in [0.1, 0.15) is 41.0 Å².